The summed E-state index contributed by atoms with van der Waals surface area (Å²) in [5, 5.41) is -0.0945. The van der Waals surface area contributed by atoms with Gasteiger partial charge in [-0.05, 0) is 42.8 Å². The molecule has 0 bridgehead atoms. The van der Waals surface area contributed by atoms with Gasteiger partial charge in [0.25, 0.3) is 0 Å². The highest BCUT2D eigenvalue weighted by molar-refractivity contribution is 6.36. The second-order valence-corrected chi connectivity index (χ2v) is 5.99. The van der Waals surface area contributed by atoms with Crippen LogP contribution in [-0.4, -0.2) is 18.0 Å². The van der Waals surface area contributed by atoms with Gasteiger partial charge in [-0.25, -0.2) is 9.37 Å². The molecule has 2 rings (SSSR count). The van der Waals surface area contributed by atoms with E-state index < -0.39 is 11.7 Å². The van der Waals surface area contributed by atoms with Gasteiger partial charge < -0.3 is 15.3 Å². The molecule has 138 valence electrons. The number of carbonyl (C=O) groups excluding carboxylic acids is 1. The molecule has 0 saturated carbocycles. The predicted molar refractivity (Wildman–Crippen MR) is 98.8 cm³/mol. The van der Waals surface area contributed by atoms with Gasteiger partial charge in [-0.2, -0.15) is 5.48 Å². The average Bonchev–Trinajstić information content (AvgIpc) is 2.62. The summed E-state index contributed by atoms with van der Waals surface area (Å²) in [4.78, 5) is 21.1. The number of amides is 1. The summed E-state index contributed by atoms with van der Waals surface area (Å²) in [7, 11) is 1.28. The monoisotopic (exact) mass is 419 g/mol. The van der Waals surface area contributed by atoms with Crippen molar-refractivity contribution in [2.75, 3.05) is 12.8 Å². The number of allylic oxidation sites excluding steroid dienone is 1. The number of methoxy groups -OCH3 is 1. The number of hydrogen-bond acceptors (Lipinski definition) is 5. The molecule has 10 heteroatoms. The molecule has 0 unspecified atom stereocenters. The van der Waals surface area contributed by atoms with E-state index in [-0.39, 0.29) is 43.7 Å². The second-order valence-electron chi connectivity index (χ2n) is 4.83. The molecule has 3 N–H and O–H groups in total. The first kappa shape index (κ1) is 20.1. The van der Waals surface area contributed by atoms with Crippen molar-refractivity contribution in [3.8, 4) is 17.0 Å². The number of rotatable bonds is 5. The van der Waals surface area contributed by atoms with Crippen molar-refractivity contribution in [3.63, 3.8) is 0 Å². The second kappa shape index (κ2) is 8.44. The summed E-state index contributed by atoms with van der Waals surface area (Å²) < 4.78 is 19.5. The Morgan fingerprint density at radius 2 is 2.08 bits per heavy atom. The van der Waals surface area contributed by atoms with E-state index in [9.17, 15) is 9.18 Å². The number of hydroxylamine groups is 1. The number of benzene rings is 1. The fourth-order valence-corrected chi connectivity index (χ4v) is 2.40. The van der Waals surface area contributed by atoms with Crippen molar-refractivity contribution < 1.29 is 18.8 Å². The number of halogens is 4. The van der Waals surface area contributed by atoms with Gasteiger partial charge in [0.05, 0.1) is 28.5 Å². The van der Waals surface area contributed by atoms with Gasteiger partial charge in [0, 0.05) is 5.56 Å². The van der Waals surface area contributed by atoms with E-state index in [0.717, 1.165) is 0 Å². The molecular weight excluding hydrogens is 408 g/mol. The lowest BCUT2D eigenvalue weighted by molar-refractivity contribution is 0.0624. The Morgan fingerprint density at radius 1 is 1.38 bits per heavy atom. The van der Waals surface area contributed by atoms with E-state index in [1.54, 1.807) is 6.92 Å². The maximum atomic E-state index is 14.6. The normalized spacial score (nSPS) is 11.2. The number of aromatic nitrogens is 1. The minimum absolute atomic E-state index is 0.0206. The Labute approximate surface area is 163 Å². The predicted octanol–water partition coefficient (Wildman–Crippen LogP) is 4.55. The zero-order valence-corrected chi connectivity index (χ0v) is 15.8. The van der Waals surface area contributed by atoms with Gasteiger partial charge in [0.15, 0.2) is 17.3 Å². The highest BCUT2D eigenvalue weighted by Gasteiger charge is 2.21. The number of nitrogens with one attached hydrogen (secondary N) is 1. The Balaban J connectivity index is 2.50. The maximum Gasteiger partial charge on any atom is 0.304 e. The van der Waals surface area contributed by atoms with Crippen LogP contribution < -0.4 is 16.0 Å². The number of hydrogen-bond donors (Lipinski definition) is 2. The molecule has 0 radical (unpaired) electrons. The molecule has 0 fully saturated rings. The Bertz CT molecular complexity index is 891. The lowest BCUT2D eigenvalue weighted by atomic mass is 10.1. The summed E-state index contributed by atoms with van der Waals surface area (Å²) in [6, 6.07) is 4.13. The number of anilines is 1. The van der Waals surface area contributed by atoms with Crippen molar-refractivity contribution in [2.24, 2.45) is 0 Å². The minimum atomic E-state index is -0.815. The molecule has 1 aromatic heterocycles. The Kier molecular flexibility index (Phi) is 6.52. The summed E-state index contributed by atoms with van der Waals surface area (Å²) in [6.45, 7) is 1.61. The zero-order valence-electron chi connectivity index (χ0n) is 13.6. The first-order valence-electron chi connectivity index (χ1n) is 7.07. The third-order valence-electron chi connectivity index (χ3n) is 3.20. The molecule has 0 atom stereocenters. The van der Waals surface area contributed by atoms with Crippen LogP contribution in [0.4, 0.5) is 10.1 Å². The van der Waals surface area contributed by atoms with Gasteiger partial charge in [0.1, 0.15) is 0 Å². The topological polar surface area (TPSA) is 86.5 Å². The molecule has 26 heavy (non-hydrogen) atoms. The molecule has 0 saturated heterocycles. The van der Waals surface area contributed by atoms with Gasteiger partial charge in [-0.1, -0.05) is 23.2 Å². The van der Waals surface area contributed by atoms with Crippen molar-refractivity contribution in [3.05, 3.63) is 51.0 Å². The van der Waals surface area contributed by atoms with Crippen LogP contribution >= 0.6 is 34.8 Å². The van der Waals surface area contributed by atoms with Gasteiger partial charge in [-0.15, -0.1) is 0 Å². The van der Waals surface area contributed by atoms with Gasteiger partial charge in [-0.3, -0.25) is 4.79 Å². The highest BCUT2D eigenvalue weighted by Crippen LogP contribution is 2.36. The lowest BCUT2D eigenvalue weighted by Gasteiger charge is -2.12. The standard InChI is InChI=1S/C16H13Cl3FN3O3/c1-3-11(18)26-23-16(24)14-12(19)9(21)6-10(22-14)7-4-5-8(17)15(25-2)13(7)20/h3-6H,1-2H3,(H2,21,22)(H,23,24)/b11-3-. The minimum Gasteiger partial charge on any atom is -0.492 e. The van der Waals surface area contributed by atoms with Crippen LogP contribution in [0.15, 0.2) is 29.5 Å². The fraction of sp³-hybridized carbons (Fsp3) is 0.125. The molecule has 0 aliphatic heterocycles. The first-order chi connectivity index (χ1) is 12.3. The van der Waals surface area contributed by atoms with Crippen LogP contribution in [0.3, 0.4) is 0 Å². The smallest absolute Gasteiger partial charge is 0.304 e. The maximum absolute atomic E-state index is 14.6. The first-order valence-corrected chi connectivity index (χ1v) is 8.20. The van der Waals surface area contributed by atoms with Gasteiger partial charge >= 0.3 is 5.91 Å². The number of pyridine rings is 1. The lowest BCUT2D eigenvalue weighted by Crippen LogP contribution is -2.24. The van der Waals surface area contributed by atoms with Gasteiger partial charge in [0.2, 0.25) is 5.22 Å². The summed E-state index contributed by atoms with van der Waals surface area (Å²) in [6.07, 6.45) is 1.41. The number of carbonyl (C=O) groups is 1. The largest absolute Gasteiger partial charge is 0.492 e. The van der Waals surface area contributed by atoms with Crippen LogP contribution in [0.1, 0.15) is 17.4 Å². The third-order valence-corrected chi connectivity index (χ3v) is 4.19. The zero-order chi connectivity index (χ0) is 19.4. The number of nitrogens with two attached hydrogens (primary N) is 1. The van der Waals surface area contributed by atoms with E-state index >= 15 is 0 Å². The SMILES string of the molecule is C/C=C(/Cl)ONC(=O)c1nc(-c2ccc(Cl)c(OC)c2F)cc(N)c1Cl. The average molecular weight is 421 g/mol. The Morgan fingerprint density at radius 3 is 2.69 bits per heavy atom. The van der Waals surface area contributed by atoms with E-state index in [4.69, 9.17) is 50.1 Å². The number of nitrogen functional groups attached to an aromatic ring is 1. The molecule has 1 aromatic carbocycles. The van der Waals surface area contributed by atoms with E-state index in [2.05, 4.69) is 10.5 Å². The van der Waals surface area contributed by atoms with Crippen molar-refractivity contribution in [2.45, 2.75) is 6.92 Å². The molecule has 0 spiro atoms. The van der Waals surface area contributed by atoms with E-state index in [0.29, 0.717) is 0 Å². The Hall–Kier alpha value is -2.22. The molecular formula is C16H13Cl3FN3O3. The van der Waals surface area contributed by atoms with Crippen LogP contribution in [0.5, 0.6) is 5.75 Å². The molecule has 1 heterocycles. The highest BCUT2D eigenvalue weighted by atomic mass is 35.5. The number of nitrogens with zero attached hydrogens (tertiary/aromatic N) is 1. The van der Waals surface area contributed by atoms with E-state index in [1.807, 2.05) is 0 Å². The summed E-state index contributed by atoms with van der Waals surface area (Å²) >= 11 is 17.5. The van der Waals surface area contributed by atoms with Crippen LogP contribution in [0, 0.1) is 5.82 Å². The van der Waals surface area contributed by atoms with Crippen LogP contribution in [0.2, 0.25) is 10.0 Å². The molecule has 6 nitrogen and oxygen atoms in total. The van der Waals surface area contributed by atoms with Crippen molar-refractivity contribution in [1.29, 1.82) is 0 Å². The fourth-order valence-electron chi connectivity index (χ4n) is 1.96. The molecule has 2 aromatic rings. The number of ether oxygens (including phenoxy) is 1. The third kappa shape index (κ3) is 4.12. The van der Waals surface area contributed by atoms with Crippen molar-refractivity contribution in [1.82, 2.24) is 10.5 Å². The molecule has 0 aliphatic rings. The van der Waals surface area contributed by atoms with Crippen LogP contribution in [-0.2, 0) is 4.84 Å². The summed E-state index contributed by atoms with van der Waals surface area (Å²) in [5.41, 5.74) is 7.71. The van der Waals surface area contributed by atoms with Crippen LogP contribution in [0.25, 0.3) is 11.3 Å². The molecule has 0 aliphatic carbocycles. The van der Waals surface area contributed by atoms with Crippen molar-refractivity contribution >= 4 is 46.4 Å². The molecule has 1 amide bonds. The van der Waals surface area contributed by atoms with E-state index in [1.165, 1.54) is 31.4 Å². The quantitative estimate of drug-likeness (QED) is 0.547. The summed E-state index contributed by atoms with van der Waals surface area (Å²) in [5.74, 6) is -1.73.